The van der Waals surface area contributed by atoms with Crippen LogP contribution in [0.4, 0.5) is 0 Å². The molecule has 0 aliphatic carbocycles. The zero-order chi connectivity index (χ0) is 23.9. The molecule has 2 aromatic carbocycles. The van der Waals surface area contributed by atoms with Crippen molar-refractivity contribution in [2.24, 2.45) is 10.3 Å². The summed E-state index contributed by atoms with van der Waals surface area (Å²) in [6.07, 6.45) is 0. The van der Waals surface area contributed by atoms with Crippen molar-refractivity contribution < 1.29 is 16.8 Å². The van der Waals surface area contributed by atoms with Crippen LogP contribution in [-0.4, -0.2) is 16.8 Å². The summed E-state index contributed by atoms with van der Waals surface area (Å²) in [4.78, 5) is -0.128. The Kier molecular flexibility index (Phi) is 11.5. The molecule has 0 radical (unpaired) electrons. The van der Waals surface area contributed by atoms with Gasteiger partial charge in [-0.3, -0.25) is 0 Å². The van der Waals surface area contributed by atoms with Crippen molar-refractivity contribution >= 4 is 64.8 Å². The number of hydrogen-bond acceptors (Lipinski definition) is 4. The van der Waals surface area contributed by atoms with Crippen molar-refractivity contribution in [1.82, 2.24) is 0 Å². The zero-order valence-corrected chi connectivity index (χ0v) is 21.3. The first kappa shape index (κ1) is 28.8. The minimum atomic E-state index is -3.74. The summed E-state index contributed by atoms with van der Waals surface area (Å²) in [6.45, 7) is 13.0. The Morgan fingerprint density at radius 1 is 0.833 bits per heavy atom. The summed E-state index contributed by atoms with van der Waals surface area (Å²) in [5.74, 6) is 0. The average Bonchev–Trinajstić information content (AvgIpc) is 2.52. The van der Waals surface area contributed by atoms with E-state index in [4.69, 9.17) is 33.5 Å². The Hall–Kier alpha value is -1.20. The third-order valence-corrected chi connectivity index (χ3v) is 6.21. The number of primary sulfonamides is 2. The lowest BCUT2D eigenvalue weighted by atomic mass is 10.1. The van der Waals surface area contributed by atoms with Crippen LogP contribution < -0.4 is 10.3 Å². The van der Waals surface area contributed by atoms with Gasteiger partial charge < -0.3 is 0 Å². The molecule has 11 heteroatoms. The maximum Gasteiger partial charge on any atom is 0.239 e. The third kappa shape index (κ3) is 10.7. The smallest absolute Gasteiger partial charge is 0.225 e. The molecule has 0 saturated carbocycles. The van der Waals surface area contributed by atoms with Crippen LogP contribution in [0, 0.1) is 0 Å². The number of nitrogens with two attached hydrogens (primary N) is 2. The Morgan fingerprint density at radius 2 is 1.20 bits per heavy atom. The molecule has 30 heavy (non-hydrogen) atoms. The van der Waals surface area contributed by atoms with Crippen LogP contribution in [0.1, 0.15) is 26.3 Å². The molecule has 2 rings (SSSR count). The standard InChI is InChI=1S/C9H10ClNO2S.C6H5BrClNO2S.C4H8/c1-6(2)7-3-4-9(8(10)5-7)14(11,12)13;7-4-1-2-6(5(8)3-4)12(9,10)11;1-4(2)3/h3-5H,1H2,2H3,(H2,11,12,13);1-3H,(H2,9,10,11);1H2,2-3H3. The largest absolute Gasteiger partial charge is 0.239 e. The first-order valence-corrected chi connectivity index (χ1v) is 12.7. The summed E-state index contributed by atoms with van der Waals surface area (Å²) in [6, 6.07) is 8.91. The predicted molar refractivity (Wildman–Crippen MR) is 129 cm³/mol. The van der Waals surface area contributed by atoms with Crippen molar-refractivity contribution in [1.29, 1.82) is 0 Å². The predicted octanol–water partition coefficient (Wildman–Crippen LogP) is 5.35. The van der Waals surface area contributed by atoms with Crippen molar-refractivity contribution in [2.45, 2.75) is 30.6 Å². The maximum atomic E-state index is 11.0. The van der Waals surface area contributed by atoms with E-state index >= 15 is 0 Å². The van der Waals surface area contributed by atoms with Crippen LogP contribution in [0.5, 0.6) is 0 Å². The van der Waals surface area contributed by atoms with Gasteiger partial charge in [0.1, 0.15) is 9.79 Å². The fourth-order valence-electron chi connectivity index (χ4n) is 1.70. The topological polar surface area (TPSA) is 120 Å². The molecule has 166 valence electrons. The molecule has 2 aromatic rings. The monoisotopic (exact) mass is 556 g/mol. The highest BCUT2D eigenvalue weighted by atomic mass is 79.9. The van der Waals surface area contributed by atoms with Crippen LogP contribution in [0.2, 0.25) is 10.0 Å². The molecule has 0 heterocycles. The summed E-state index contributed by atoms with van der Waals surface area (Å²) < 4.78 is 44.4. The highest BCUT2D eigenvalue weighted by molar-refractivity contribution is 9.10. The van der Waals surface area contributed by atoms with Gasteiger partial charge in [0.05, 0.1) is 10.0 Å². The second kappa shape index (κ2) is 12.0. The highest BCUT2D eigenvalue weighted by Gasteiger charge is 2.13. The fourth-order valence-corrected chi connectivity index (χ4v) is 4.38. The van der Waals surface area contributed by atoms with Crippen LogP contribution in [0.25, 0.3) is 5.57 Å². The van der Waals surface area contributed by atoms with Gasteiger partial charge in [-0.2, -0.15) is 0 Å². The molecule has 0 spiro atoms. The SMILES string of the molecule is C=C(C)C.C=C(C)c1ccc(S(N)(=O)=O)c(Cl)c1.NS(=O)(=O)c1ccc(Br)cc1Cl. The summed E-state index contributed by atoms with van der Waals surface area (Å²) >= 11 is 14.5. The Bertz CT molecular complexity index is 1150. The second-order valence-electron chi connectivity index (χ2n) is 6.30. The van der Waals surface area contributed by atoms with E-state index in [1.807, 2.05) is 20.8 Å². The molecular weight excluding hydrogens is 535 g/mol. The summed E-state index contributed by atoms with van der Waals surface area (Å²) in [5.41, 5.74) is 2.77. The molecule has 0 amide bonds. The van der Waals surface area contributed by atoms with Crippen molar-refractivity contribution in [3.05, 3.63) is 75.2 Å². The van der Waals surface area contributed by atoms with Gasteiger partial charge in [-0.1, -0.05) is 62.9 Å². The van der Waals surface area contributed by atoms with Gasteiger partial charge in [0.25, 0.3) is 0 Å². The zero-order valence-electron chi connectivity index (χ0n) is 16.6. The number of sulfonamides is 2. The van der Waals surface area contributed by atoms with Gasteiger partial charge >= 0.3 is 0 Å². The van der Waals surface area contributed by atoms with E-state index in [9.17, 15) is 16.8 Å². The third-order valence-electron chi connectivity index (χ3n) is 2.93. The molecule has 0 unspecified atom stereocenters. The lowest BCUT2D eigenvalue weighted by Crippen LogP contribution is -2.12. The van der Waals surface area contributed by atoms with Gasteiger partial charge in [0.2, 0.25) is 20.0 Å². The van der Waals surface area contributed by atoms with E-state index in [1.54, 1.807) is 12.1 Å². The van der Waals surface area contributed by atoms with E-state index in [1.165, 1.54) is 29.8 Å². The number of allylic oxidation sites excluding steroid dienone is 2. The first-order chi connectivity index (χ1) is 13.5. The van der Waals surface area contributed by atoms with Gasteiger partial charge in [-0.25, -0.2) is 27.1 Å². The van der Waals surface area contributed by atoms with E-state index in [-0.39, 0.29) is 19.8 Å². The molecule has 0 aromatic heterocycles. The van der Waals surface area contributed by atoms with E-state index < -0.39 is 20.0 Å². The summed E-state index contributed by atoms with van der Waals surface area (Å²) in [7, 11) is -7.44. The number of hydrogen-bond donors (Lipinski definition) is 2. The van der Waals surface area contributed by atoms with Crippen molar-refractivity contribution in [3.8, 4) is 0 Å². The molecule has 0 aliphatic rings. The molecule has 0 bridgehead atoms. The van der Waals surface area contributed by atoms with Crippen molar-refractivity contribution in [2.75, 3.05) is 0 Å². The van der Waals surface area contributed by atoms with Crippen molar-refractivity contribution in [3.63, 3.8) is 0 Å². The lowest BCUT2D eigenvalue weighted by Gasteiger charge is -2.04. The van der Waals surface area contributed by atoms with Crippen LogP contribution in [0.15, 0.2) is 69.4 Å². The van der Waals surface area contributed by atoms with E-state index in [0.717, 1.165) is 11.1 Å². The molecule has 4 N–H and O–H groups in total. The molecule has 0 atom stereocenters. The van der Waals surface area contributed by atoms with Crippen LogP contribution >= 0.6 is 39.1 Å². The molecule has 0 aliphatic heterocycles. The van der Waals surface area contributed by atoms with Gasteiger partial charge in [-0.15, -0.1) is 6.58 Å². The summed E-state index contributed by atoms with van der Waals surface area (Å²) in [5, 5.41) is 10.1. The number of rotatable bonds is 3. The average molecular weight is 558 g/mol. The van der Waals surface area contributed by atoms with E-state index in [0.29, 0.717) is 4.47 Å². The Morgan fingerprint density at radius 3 is 1.50 bits per heavy atom. The minimum absolute atomic E-state index is 0.0626. The first-order valence-electron chi connectivity index (χ1n) is 8.05. The molecular formula is C19H23BrCl2N2O4S2. The van der Waals surface area contributed by atoms with E-state index in [2.05, 4.69) is 29.1 Å². The van der Waals surface area contributed by atoms with Gasteiger partial charge in [0, 0.05) is 4.47 Å². The fraction of sp³-hybridized carbons (Fsp3) is 0.158. The number of benzene rings is 2. The normalized spacial score (nSPS) is 10.8. The van der Waals surface area contributed by atoms with Crippen LogP contribution in [-0.2, 0) is 20.0 Å². The lowest BCUT2D eigenvalue weighted by molar-refractivity contribution is 0.596. The minimum Gasteiger partial charge on any atom is -0.225 e. The van der Waals surface area contributed by atoms with Gasteiger partial charge in [-0.05, 0) is 56.7 Å². The highest BCUT2D eigenvalue weighted by Crippen LogP contribution is 2.25. The molecule has 6 nitrogen and oxygen atoms in total. The number of halogens is 3. The second-order valence-corrected chi connectivity index (χ2v) is 11.1. The quantitative estimate of drug-likeness (QED) is 0.494. The maximum absolute atomic E-state index is 11.0. The molecule has 0 fully saturated rings. The Labute approximate surface area is 196 Å². The van der Waals surface area contributed by atoms with Gasteiger partial charge in [0.15, 0.2) is 0 Å². The Balaban J connectivity index is 0.000000481. The van der Waals surface area contributed by atoms with Crippen LogP contribution in [0.3, 0.4) is 0 Å². The molecule has 0 saturated heterocycles.